The molecule has 0 radical (unpaired) electrons. The monoisotopic (exact) mass is 670 g/mol. The van der Waals surface area contributed by atoms with Crippen molar-refractivity contribution < 1.29 is 14.7 Å². The molecular formula is C44H63O3P. The van der Waals surface area contributed by atoms with E-state index in [1.54, 1.807) is 0 Å². The number of benzene rings is 4. The third-order valence-corrected chi connectivity index (χ3v) is 15.1. The predicted molar refractivity (Wildman–Crippen MR) is 210 cm³/mol. The molecule has 4 heteroatoms. The van der Waals surface area contributed by atoms with Gasteiger partial charge in [-0.2, -0.15) is 0 Å². The van der Waals surface area contributed by atoms with Gasteiger partial charge < -0.3 is 0 Å². The van der Waals surface area contributed by atoms with Crippen LogP contribution in [0, 0.1) is 0 Å². The van der Waals surface area contributed by atoms with Gasteiger partial charge in [-0.05, 0) is 0 Å². The van der Waals surface area contributed by atoms with Gasteiger partial charge in [0.15, 0.2) is 0 Å². The van der Waals surface area contributed by atoms with Crippen molar-refractivity contribution in [2.24, 2.45) is 0 Å². The van der Waals surface area contributed by atoms with E-state index in [-0.39, 0.29) is 17.8 Å². The quantitative estimate of drug-likeness (QED) is 0.155. The molecule has 262 valence electrons. The fourth-order valence-electron chi connectivity index (χ4n) is 8.54. The summed E-state index contributed by atoms with van der Waals surface area (Å²) in [5.74, 6) is 1.46. The van der Waals surface area contributed by atoms with E-state index in [0.29, 0.717) is 35.9 Å². The van der Waals surface area contributed by atoms with E-state index in [1.165, 1.54) is 27.6 Å². The van der Waals surface area contributed by atoms with E-state index in [2.05, 4.69) is 126 Å². The van der Waals surface area contributed by atoms with Crippen LogP contribution < -0.4 is 5.30 Å². The van der Waals surface area contributed by atoms with Gasteiger partial charge in [0.05, 0.1) is 0 Å². The van der Waals surface area contributed by atoms with Crippen molar-refractivity contribution in [2.75, 3.05) is 0 Å². The van der Waals surface area contributed by atoms with Crippen molar-refractivity contribution in [3.8, 4) is 0 Å². The Morgan fingerprint density at radius 1 is 0.458 bits per heavy atom. The Morgan fingerprint density at radius 2 is 0.875 bits per heavy atom. The van der Waals surface area contributed by atoms with Crippen molar-refractivity contribution in [3.63, 3.8) is 0 Å². The van der Waals surface area contributed by atoms with Gasteiger partial charge in [-0.1, -0.05) is 0 Å². The van der Waals surface area contributed by atoms with Gasteiger partial charge in [0.1, 0.15) is 0 Å². The van der Waals surface area contributed by atoms with Crippen LogP contribution in [0.4, 0.5) is 0 Å². The molecule has 1 aliphatic carbocycles. The second-order valence-corrected chi connectivity index (χ2v) is 20.3. The molecule has 1 fully saturated rings. The van der Waals surface area contributed by atoms with Gasteiger partial charge in [0, 0.05) is 0 Å². The van der Waals surface area contributed by atoms with E-state index in [9.17, 15) is 14.7 Å². The van der Waals surface area contributed by atoms with Crippen molar-refractivity contribution in [3.05, 3.63) is 87.5 Å². The predicted octanol–water partition coefficient (Wildman–Crippen LogP) is 12.5. The molecule has 1 saturated carbocycles. The number of fused-ring (bicyclic) bond motifs is 2. The van der Waals surface area contributed by atoms with Crippen LogP contribution in [0.5, 0.6) is 0 Å². The van der Waals surface area contributed by atoms with Crippen molar-refractivity contribution >= 4 is 34.1 Å². The summed E-state index contributed by atoms with van der Waals surface area (Å²) in [4.78, 5) is 39.8. The summed E-state index contributed by atoms with van der Waals surface area (Å²) in [5, 5.41) is 3.65. The maximum atomic E-state index is 13.3. The summed E-state index contributed by atoms with van der Waals surface area (Å²) in [6, 6.07) is 17.9. The van der Waals surface area contributed by atoms with Crippen LogP contribution in [0.3, 0.4) is 0 Å². The van der Waals surface area contributed by atoms with E-state index < -0.39 is 12.4 Å². The zero-order valence-electron chi connectivity index (χ0n) is 31.9. The molecule has 0 unspecified atom stereocenters. The second kappa shape index (κ2) is 13.1. The molecule has 0 aliphatic heterocycles. The molecule has 4 aromatic carbocycles. The number of hydrogen-bond donors (Lipinski definition) is 3. The van der Waals surface area contributed by atoms with E-state index in [4.69, 9.17) is 0 Å². The Labute approximate surface area is 291 Å². The fraction of sp³-hybridized carbons (Fsp3) is 0.545. The molecule has 3 nitrogen and oxygen atoms in total. The SMILES string of the molecule is CC(C)c1cc(C(C)C)c2cc(C3(P(O)(O)(O)c4cc5c(C(C)C)cc(C(C)C)cc5cc4C(C)C)CCCCC3)c(C(C)C)cc2c1. The van der Waals surface area contributed by atoms with Crippen molar-refractivity contribution in [2.45, 2.75) is 156 Å². The van der Waals surface area contributed by atoms with Crippen LogP contribution in [0.2, 0.25) is 0 Å². The van der Waals surface area contributed by atoms with Crippen LogP contribution in [-0.4, -0.2) is 14.7 Å². The van der Waals surface area contributed by atoms with Gasteiger partial charge in [0.2, 0.25) is 0 Å². The first-order valence-corrected chi connectivity index (χ1v) is 20.9. The molecule has 4 aromatic rings. The molecule has 0 bridgehead atoms. The number of rotatable bonds is 9. The topological polar surface area (TPSA) is 60.7 Å². The standard InChI is InChI=1S/C44H63O3P/c1-26(2)32-18-34-22-38(30(9)10)42(24-40(34)36(20-32)28(5)6)44(16-14-13-15-17-44)48(45,46,47)43-25-41-35(23-39(43)31(11)12)19-33(27(3)4)21-37(41)29(7)8/h18-31,45-47H,13-17H2,1-12H3. The number of hydrogen-bond acceptors (Lipinski definition) is 3. The maximum absolute atomic E-state index is 13.3. The summed E-state index contributed by atoms with van der Waals surface area (Å²) in [7, 11) is -5.65. The fourth-order valence-corrected chi connectivity index (χ4v) is 11.9. The van der Waals surface area contributed by atoms with Gasteiger partial charge in [-0.25, -0.2) is 0 Å². The molecule has 0 amide bonds. The molecule has 0 atom stereocenters. The van der Waals surface area contributed by atoms with Crippen LogP contribution in [0.15, 0.2) is 48.5 Å². The van der Waals surface area contributed by atoms with Crippen LogP contribution >= 0.6 is 7.28 Å². The summed E-state index contributed by atoms with van der Waals surface area (Å²) in [5.41, 5.74) is 7.96. The zero-order valence-corrected chi connectivity index (χ0v) is 32.8. The van der Waals surface area contributed by atoms with Gasteiger partial charge >= 0.3 is 292 Å². The Balaban J connectivity index is 1.92. The minimum absolute atomic E-state index is 0.00799. The first kappa shape index (κ1) is 37.0. The molecule has 0 heterocycles. The van der Waals surface area contributed by atoms with Crippen LogP contribution in [0.25, 0.3) is 21.5 Å². The first-order valence-electron chi connectivity index (χ1n) is 18.8. The normalized spacial score (nSPS) is 16.7. The summed E-state index contributed by atoms with van der Waals surface area (Å²) in [6.45, 7) is 26.5. The van der Waals surface area contributed by atoms with Crippen molar-refractivity contribution in [1.82, 2.24) is 0 Å². The minimum atomic E-state index is -5.65. The summed E-state index contributed by atoms with van der Waals surface area (Å²) < 4.78 is 0. The first-order chi connectivity index (χ1) is 22.3. The zero-order chi connectivity index (χ0) is 35.5. The van der Waals surface area contributed by atoms with Gasteiger partial charge in [-0.15, -0.1) is 0 Å². The van der Waals surface area contributed by atoms with E-state index in [1.807, 2.05) is 6.07 Å². The second-order valence-electron chi connectivity index (χ2n) is 17.0. The molecule has 0 aromatic heterocycles. The van der Waals surface area contributed by atoms with Gasteiger partial charge in [-0.3, -0.25) is 0 Å². The Kier molecular flexibility index (Phi) is 10.1. The molecule has 0 spiro atoms. The molecule has 1 aliphatic rings. The Bertz CT molecular complexity index is 1810. The average molecular weight is 671 g/mol. The van der Waals surface area contributed by atoms with Gasteiger partial charge in [0.25, 0.3) is 0 Å². The molecule has 5 rings (SSSR count). The van der Waals surface area contributed by atoms with Crippen molar-refractivity contribution in [1.29, 1.82) is 0 Å². The Hall–Kier alpha value is -2.29. The molecular weight excluding hydrogens is 607 g/mol. The molecule has 3 N–H and O–H groups in total. The Morgan fingerprint density at radius 3 is 1.29 bits per heavy atom. The van der Waals surface area contributed by atoms with Crippen LogP contribution in [-0.2, 0) is 5.16 Å². The van der Waals surface area contributed by atoms with E-state index >= 15 is 0 Å². The third-order valence-electron chi connectivity index (χ3n) is 11.6. The third kappa shape index (κ3) is 6.17. The van der Waals surface area contributed by atoms with Crippen LogP contribution in [0.1, 0.15) is 190 Å². The summed E-state index contributed by atoms with van der Waals surface area (Å²) >= 11 is 0. The summed E-state index contributed by atoms with van der Waals surface area (Å²) in [6.07, 6.45) is 3.80. The van der Waals surface area contributed by atoms with E-state index in [0.717, 1.165) is 52.1 Å². The molecule has 0 saturated heterocycles. The average Bonchev–Trinajstić information content (AvgIpc) is 3.01. The molecule has 48 heavy (non-hydrogen) atoms.